The second-order valence-corrected chi connectivity index (χ2v) is 4.94. The van der Waals surface area contributed by atoms with Gasteiger partial charge in [-0.3, -0.25) is 4.99 Å². The molecule has 1 heteroatoms. The highest BCUT2D eigenvalue weighted by molar-refractivity contribution is 5.90. The van der Waals surface area contributed by atoms with Crippen molar-refractivity contribution in [2.45, 2.75) is 59.3 Å². The molecule has 1 heterocycles. The number of allylic oxidation sites excluding steroid dienone is 4. The first-order chi connectivity index (χ1) is 8.31. The first-order valence-electron chi connectivity index (χ1n) is 7.03. The molecule has 1 nitrogen and oxygen atoms in total. The van der Waals surface area contributed by atoms with Crippen molar-refractivity contribution in [3.05, 3.63) is 34.1 Å². The molecule has 0 saturated carbocycles. The fraction of sp³-hybridized carbons (Fsp3) is 0.562. The maximum absolute atomic E-state index is 4.58. The molecule has 1 aliphatic carbocycles. The molecule has 0 aromatic heterocycles. The van der Waals surface area contributed by atoms with Crippen molar-refractivity contribution in [3.63, 3.8) is 0 Å². The Labute approximate surface area is 105 Å². The highest BCUT2D eigenvalue weighted by atomic mass is 14.8. The lowest BCUT2D eigenvalue weighted by Gasteiger charge is -2.09. The summed E-state index contributed by atoms with van der Waals surface area (Å²) in [6.45, 7) is 6.77. The largest absolute Gasteiger partial charge is 0.256 e. The van der Waals surface area contributed by atoms with Crippen LogP contribution in [0, 0.1) is 0 Å². The van der Waals surface area contributed by atoms with Gasteiger partial charge in [0.25, 0.3) is 0 Å². The van der Waals surface area contributed by atoms with Crippen LogP contribution in [0.4, 0.5) is 0 Å². The minimum atomic E-state index is 1.17. The van der Waals surface area contributed by atoms with Crippen LogP contribution in [-0.4, -0.2) is 6.21 Å². The number of hydrogen-bond acceptors (Lipinski definition) is 1. The van der Waals surface area contributed by atoms with E-state index in [1.165, 1.54) is 55.4 Å². The summed E-state index contributed by atoms with van der Waals surface area (Å²) in [6.07, 6.45) is 11.7. The molecule has 2 aliphatic rings. The third kappa shape index (κ3) is 2.29. The fourth-order valence-electron chi connectivity index (χ4n) is 2.80. The van der Waals surface area contributed by atoms with Crippen LogP contribution < -0.4 is 0 Å². The van der Waals surface area contributed by atoms with Gasteiger partial charge in [-0.25, -0.2) is 0 Å². The van der Waals surface area contributed by atoms with Gasteiger partial charge in [0.1, 0.15) is 0 Å². The minimum Gasteiger partial charge on any atom is -0.256 e. The van der Waals surface area contributed by atoms with Gasteiger partial charge in [-0.2, -0.15) is 0 Å². The van der Waals surface area contributed by atoms with Crippen LogP contribution in [0.25, 0.3) is 0 Å². The molecule has 0 aromatic carbocycles. The molecule has 0 atom stereocenters. The van der Waals surface area contributed by atoms with Gasteiger partial charge in [-0.1, -0.05) is 40.0 Å². The Morgan fingerprint density at radius 2 is 1.53 bits per heavy atom. The number of hydrogen-bond donors (Lipinski definition) is 0. The summed E-state index contributed by atoms with van der Waals surface area (Å²) >= 11 is 0. The average Bonchev–Trinajstić information content (AvgIpc) is 2.83. The van der Waals surface area contributed by atoms with Gasteiger partial charge in [-0.15, -0.1) is 0 Å². The van der Waals surface area contributed by atoms with Crippen molar-refractivity contribution < 1.29 is 0 Å². The Morgan fingerprint density at radius 3 is 2.18 bits per heavy atom. The quantitative estimate of drug-likeness (QED) is 0.610. The van der Waals surface area contributed by atoms with Crippen LogP contribution in [0.15, 0.2) is 39.1 Å². The van der Waals surface area contributed by atoms with Crippen molar-refractivity contribution in [2.75, 3.05) is 0 Å². The summed E-state index contributed by atoms with van der Waals surface area (Å²) in [7, 11) is 0. The molecule has 0 fully saturated rings. The van der Waals surface area contributed by atoms with Gasteiger partial charge in [-0.05, 0) is 42.1 Å². The van der Waals surface area contributed by atoms with E-state index < -0.39 is 0 Å². The van der Waals surface area contributed by atoms with Crippen LogP contribution in [0.2, 0.25) is 0 Å². The fourth-order valence-corrected chi connectivity index (χ4v) is 2.80. The van der Waals surface area contributed by atoms with E-state index in [0.717, 1.165) is 0 Å². The first-order valence-corrected chi connectivity index (χ1v) is 7.03. The number of nitrogens with zero attached hydrogens (tertiary/aromatic N) is 1. The predicted octanol–water partition coefficient (Wildman–Crippen LogP) is 4.96. The van der Waals surface area contributed by atoms with Crippen LogP contribution in [-0.2, 0) is 0 Å². The Bertz CT molecular complexity index is 419. The van der Waals surface area contributed by atoms with Crippen LogP contribution in [0.3, 0.4) is 0 Å². The summed E-state index contributed by atoms with van der Waals surface area (Å²) in [5.41, 5.74) is 7.32. The van der Waals surface area contributed by atoms with Gasteiger partial charge in [0, 0.05) is 11.8 Å². The van der Waals surface area contributed by atoms with Gasteiger partial charge >= 0.3 is 0 Å². The van der Waals surface area contributed by atoms with E-state index in [0.29, 0.717) is 0 Å². The average molecular weight is 229 g/mol. The maximum Gasteiger partial charge on any atom is 0.0711 e. The second-order valence-electron chi connectivity index (χ2n) is 4.94. The van der Waals surface area contributed by atoms with E-state index in [1.807, 2.05) is 0 Å². The van der Waals surface area contributed by atoms with Crippen LogP contribution >= 0.6 is 0 Å². The Balaban J connectivity index is 2.35. The second kappa shape index (κ2) is 5.48. The van der Waals surface area contributed by atoms with Gasteiger partial charge < -0.3 is 0 Å². The van der Waals surface area contributed by atoms with Crippen molar-refractivity contribution in [3.8, 4) is 0 Å². The Morgan fingerprint density at radius 1 is 0.882 bits per heavy atom. The summed E-state index contributed by atoms with van der Waals surface area (Å²) in [5.74, 6) is 0. The smallest absolute Gasteiger partial charge is 0.0711 e. The monoisotopic (exact) mass is 229 g/mol. The molecule has 0 saturated heterocycles. The summed E-state index contributed by atoms with van der Waals surface area (Å²) in [5, 5.41) is 0. The topological polar surface area (TPSA) is 12.4 Å². The lowest BCUT2D eigenvalue weighted by atomic mass is 9.94. The third-order valence-electron chi connectivity index (χ3n) is 3.48. The van der Waals surface area contributed by atoms with Crippen molar-refractivity contribution in [1.29, 1.82) is 0 Å². The molecule has 2 rings (SSSR count). The minimum absolute atomic E-state index is 1.17. The van der Waals surface area contributed by atoms with E-state index in [4.69, 9.17) is 0 Å². The molecule has 0 radical (unpaired) electrons. The highest BCUT2D eigenvalue weighted by Crippen LogP contribution is 2.41. The molecule has 0 amide bonds. The normalized spacial score (nSPS) is 18.2. The summed E-state index contributed by atoms with van der Waals surface area (Å²) < 4.78 is 0. The van der Waals surface area contributed by atoms with Crippen molar-refractivity contribution in [1.82, 2.24) is 0 Å². The van der Waals surface area contributed by atoms with Gasteiger partial charge in [0.05, 0.1) is 5.70 Å². The molecule has 17 heavy (non-hydrogen) atoms. The number of aliphatic imine (C=N–C) groups is 1. The maximum atomic E-state index is 4.58. The third-order valence-corrected chi connectivity index (χ3v) is 3.48. The van der Waals surface area contributed by atoms with Crippen LogP contribution in [0.1, 0.15) is 59.3 Å². The Hall–Kier alpha value is -1.11. The highest BCUT2D eigenvalue weighted by Gasteiger charge is 2.25. The van der Waals surface area contributed by atoms with Gasteiger partial charge in [0.15, 0.2) is 0 Å². The number of rotatable bonds is 6. The molecular weight excluding hydrogens is 206 g/mol. The van der Waals surface area contributed by atoms with Crippen molar-refractivity contribution in [2.24, 2.45) is 4.99 Å². The molecule has 0 bridgehead atoms. The van der Waals surface area contributed by atoms with E-state index in [2.05, 4.69) is 38.1 Å². The molecule has 1 aliphatic heterocycles. The zero-order chi connectivity index (χ0) is 12.3. The lowest BCUT2D eigenvalue weighted by Crippen LogP contribution is -1.93. The Kier molecular flexibility index (Phi) is 3.98. The first kappa shape index (κ1) is 12.3. The molecule has 0 unspecified atom stereocenters. The van der Waals surface area contributed by atoms with Crippen molar-refractivity contribution >= 4 is 6.21 Å². The number of fused-ring (bicyclic) bond motifs is 1. The predicted molar refractivity (Wildman–Crippen MR) is 75.4 cm³/mol. The zero-order valence-corrected chi connectivity index (χ0v) is 11.3. The van der Waals surface area contributed by atoms with E-state index >= 15 is 0 Å². The molecular formula is C16H23N. The zero-order valence-electron chi connectivity index (χ0n) is 11.3. The SMILES string of the molecule is CCCC1=C(CCC)C2=C(CCC)C=NC2=C1. The molecule has 92 valence electrons. The van der Waals surface area contributed by atoms with Crippen LogP contribution in [0.5, 0.6) is 0 Å². The summed E-state index contributed by atoms with van der Waals surface area (Å²) in [4.78, 5) is 4.58. The van der Waals surface area contributed by atoms with Gasteiger partial charge in [0.2, 0.25) is 0 Å². The van der Waals surface area contributed by atoms with E-state index in [-0.39, 0.29) is 0 Å². The van der Waals surface area contributed by atoms with E-state index in [1.54, 1.807) is 11.1 Å². The molecule has 0 aromatic rings. The standard InChI is InChI=1S/C16H23N/c1-4-7-12-10-15-16(14(12)9-6-3)13(8-5-2)11-17-15/h10-11H,4-9H2,1-3H3. The molecule has 0 N–H and O–H groups in total. The molecule has 0 spiro atoms. The van der Waals surface area contributed by atoms with E-state index in [9.17, 15) is 0 Å². The summed E-state index contributed by atoms with van der Waals surface area (Å²) in [6, 6.07) is 0. The lowest BCUT2D eigenvalue weighted by molar-refractivity contribution is 0.864.